The van der Waals surface area contributed by atoms with Crippen LogP contribution in [0.5, 0.6) is 0 Å². The van der Waals surface area contributed by atoms with Crippen LogP contribution in [0.15, 0.2) is 12.3 Å². The molecule has 0 spiro atoms. The first-order chi connectivity index (χ1) is 5.04. The van der Waals surface area contributed by atoms with Crippen molar-refractivity contribution >= 4 is 0 Å². The van der Waals surface area contributed by atoms with Crippen LogP contribution in [0.2, 0.25) is 0 Å². The lowest BCUT2D eigenvalue weighted by Gasteiger charge is -2.15. The van der Waals surface area contributed by atoms with Crippen molar-refractivity contribution in [3.05, 3.63) is 24.0 Å². The molecule has 0 atom stereocenters. The summed E-state index contributed by atoms with van der Waals surface area (Å²) in [7, 11) is 0. The maximum Gasteiger partial charge on any atom is 0.0650 e. The molecule has 1 nitrogen and oxygen atoms in total. The summed E-state index contributed by atoms with van der Waals surface area (Å²) in [5, 5.41) is 0. The first kappa shape index (κ1) is 8.38. The maximum absolute atomic E-state index is 3.18. The summed E-state index contributed by atoms with van der Waals surface area (Å²) in [6.07, 6.45) is 5.35. The zero-order valence-electron chi connectivity index (χ0n) is 7.81. The van der Waals surface area contributed by atoms with Gasteiger partial charge in [0.2, 0.25) is 0 Å². The summed E-state index contributed by atoms with van der Waals surface area (Å²) in [5.74, 6) is 0. The number of rotatable bonds is 1. The van der Waals surface area contributed by atoms with E-state index in [-0.39, 0.29) is 5.41 Å². The summed E-state index contributed by atoms with van der Waals surface area (Å²) >= 11 is 0. The molecular formula is C10H16N. The smallest absolute Gasteiger partial charge is 0.0650 e. The van der Waals surface area contributed by atoms with E-state index in [0.717, 1.165) is 6.54 Å². The third-order valence-corrected chi connectivity index (χ3v) is 1.89. The van der Waals surface area contributed by atoms with Gasteiger partial charge in [-0.1, -0.05) is 20.8 Å². The summed E-state index contributed by atoms with van der Waals surface area (Å²) in [6, 6.07) is 2.07. The zero-order chi connectivity index (χ0) is 8.48. The Morgan fingerprint density at radius 3 is 2.36 bits per heavy atom. The molecule has 0 aliphatic heterocycles. The number of hydrogen-bond acceptors (Lipinski definition) is 0. The van der Waals surface area contributed by atoms with Gasteiger partial charge in [0.25, 0.3) is 0 Å². The van der Waals surface area contributed by atoms with Crippen LogP contribution in [0.4, 0.5) is 0 Å². The van der Waals surface area contributed by atoms with Crippen molar-refractivity contribution in [2.24, 2.45) is 0 Å². The molecule has 1 radical (unpaired) electrons. The zero-order valence-corrected chi connectivity index (χ0v) is 7.81. The molecule has 1 aromatic rings. The molecule has 1 heteroatoms. The van der Waals surface area contributed by atoms with E-state index in [0.29, 0.717) is 0 Å². The molecule has 1 rings (SSSR count). The van der Waals surface area contributed by atoms with E-state index < -0.39 is 0 Å². The molecule has 11 heavy (non-hydrogen) atoms. The highest BCUT2D eigenvalue weighted by atomic mass is 14.9. The van der Waals surface area contributed by atoms with Crippen molar-refractivity contribution in [1.29, 1.82) is 0 Å². The van der Waals surface area contributed by atoms with Crippen LogP contribution >= 0.6 is 0 Å². The van der Waals surface area contributed by atoms with Gasteiger partial charge in [-0.15, -0.1) is 0 Å². The van der Waals surface area contributed by atoms with Gasteiger partial charge in [-0.25, -0.2) is 0 Å². The van der Waals surface area contributed by atoms with Crippen molar-refractivity contribution in [1.82, 2.24) is 4.57 Å². The van der Waals surface area contributed by atoms with Crippen molar-refractivity contribution < 1.29 is 0 Å². The topological polar surface area (TPSA) is 4.93 Å². The van der Waals surface area contributed by atoms with E-state index in [9.17, 15) is 0 Å². The normalized spacial score (nSPS) is 12.0. The average molecular weight is 150 g/mol. The lowest BCUT2D eigenvalue weighted by Crippen LogP contribution is -2.09. The molecule has 1 heterocycles. The van der Waals surface area contributed by atoms with Gasteiger partial charge in [0.15, 0.2) is 0 Å². The molecule has 0 N–H and O–H groups in total. The molecule has 0 aromatic carbocycles. The Hall–Kier alpha value is -0.720. The van der Waals surface area contributed by atoms with E-state index >= 15 is 0 Å². The predicted molar refractivity (Wildman–Crippen MR) is 47.6 cm³/mol. The van der Waals surface area contributed by atoms with E-state index in [1.807, 2.05) is 0 Å². The van der Waals surface area contributed by atoms with Crippen molar-refractivity contribution in [3.8, 4) is 0 Å². The van der Waals surface area contributed by atoms with Gasteiger partial charge in [0.05, 0.1) is 6.20 Å². The van der Waals surface area contributed by atoms with Gasteiger partial charge >= 0.3 is 0 Å². The summed E-state index contributed by atoms with van der Waals surface area (Å²) in [6.45, 7) is 9.79. The maximum atomic E-state index is 3.18. The van der Waals surface area contributed by atoms with Crippen LogP contribution in [0.25, 0.3) is 0 Å². The molecular weight excluding hydrogens is 134 g/mol. The van der Waals surface area contributed by atoms with Crippen LogP contribution in [0, 0.1) is 6.20 Å². The molecule has 0 bridgehead atoms. The van der Waals surface area contributed by atoms with Crippen molar-refractivity contribution in [2.45, 2.75) is 39.7 Å². The van der Waals surface area contributed by atoms with Gasteiger partial charge < -0.3 is 4.57 Å². The average Bonchev–Trinajstić information content (AvgIpc) is 2.32. The van der Waals surface area contributed by atoms with Crippen molar-refractivity contribution in [2.75, 3.05) is 0 Å². The highest BCUT2D eigenvalue weighted by Crippen LogP contribution is 2.21. The van der Waals surface area contributed by atoms with E-state index in [4.69, 9.17) is 0 Å². The third kappa shape index (κ3) is 1.86. The quantitative estimate of drug-likeness (QED) is 0.580. The largest absolute Gasteiger partial charge is 0.346 e. The van der Waals surface area contributed by atoms with Crippen LogP contribution < -0.4 is 0 Å². The second kappa shape index (κ2) is 2.72. The fourth-order valence-corrected chi connectivity index (χ4v) is 0.988. The Kier molecular flexibility index (Phi) is 2.08. The second-order valence-corrected chi connectivity index (χ2v) is 3.89. The minimum atomic E-state index is 0.261. The number of aryl methyl sites for hydroxylation is 1. The molecule has 1 aromatic heterocycles. The van der Waals surface area contributed by atoms with Gasteiger partial charge in [0.1, 0.15) is 0 Å². The van der Waals surface area contributed by atoms with Gasteiger partial charge in [-0.05, 0) is 24.0 Å². The lowest BCUT2D eigenvalue weighted by atomic mass is 9.89. The number of aromatic nitrogens is 1. The summed E-state index contributed by atoms with van der Waals surface area (Å²) in [4.78, 5) is 0. The second-order valence-electron chi connectivity index (χ2n) is 3.89. The highest BCUT2D eigenvalue weighted by Gasteiger charge is 2.14. The predicted octanol–water partition coefficient (Wildman–Crippen LogP) is 2.61. The standard InChI is InChI=1S/C10H16N/c1-5-11-7-6-9(8-11)10(2,3)4/h6,8H,5H2,1-4H3. The Labute approximate surface area is 69.0 Å². The molecule has 61 valence electrons. The molecule has 0 aliphatic carbocycles. The Morgan fingerprint density at radius 2 is 2.09 bits per heavy atom. The Morgan fingerprint density at radius 1 is 1.45 bits per heavy atom. The molecule has 0 saturated carbocycles. The summed E-state index contributed by atoms with van der Waals surface area (Å²) in [5.41, 5.74) is 1.62. The fourth-order valence-electron chi connectivity index (χ4n) is 0.988. The molecule has 0 amide bonds. The van der Waals surface area contributed by atoms with E-state index in [1.54, 1.807) is 0 Å². The molecule has 0 aliphatic rings. The monoisotopic (exact) mass is 150 g/mol. The van der Waals surface area contributed by atoms with Crippen LogP contribution in [0.1, 0.15) is 33.3 Å². The minimum Gasteiger partial charge on any atom is -0.346 e. The fraction of sp³-hybridized carbons (Fsp3) is 0.600. The van der Waals surface area contributed by atoms with Crippen LogP contribution in [0.3, 0.4) is 0 Å². The molecule has 0 unspecified atom stereocenters. The lowest BCUT2D eigenvalue weighted by molar-refractivity contribution is 0.587. The summed E-state index contributed by atoms with van der Waals surface area (Å²) < 4.78 is 2.08. The third-order valence-electron chi connectivity index (χ3n) is 1.89. The first-order valence-corrected chi connectivity index (χ1v) is 4.12. The van der Waals surface area contributed by atoms with E-state index in [1.165, 1.54) is 5.56 Å². The molecule has 0 saturated heterocycles. The van der Waals surface area contributed by atoms with Gasteiger partial charge in [-0.3, -0.25) is 0 Å². The first-order valence-electron chi connectivity index (χ1n) is 4.12. The minimum absolute atomic E-state index is 0.261. The van der Waals surface area contributed by atoms with E-state index in [2.05, 4.69) is 50.7 Å². The number of hydrogen-bond donors (Lipinski definition) is 0. The highest BCUT2D eigenvalue weighted by molar-refractivity contribution is 5.18. The van der Waals surface area contributed by atoms with Gasteiger partial charge in [-0.2, -0.15) is 0 Å². The molecule has 0 fully saturated rings. The van der Waals surface area contributed by atoms with Crippen LogP contribution in [-0.4, -0.2) is 4.57 Å². The Balaban J connectivity index is 2.89. The Bertz CT molecular complexity index is 227. The number of nitrogens with zero attached hydrogens (tertiary/aromatic N) is 1. The van der Waals surface area contributed by atoms with Crippen molar-refractivity contribution in [3.63, 3.8) is 0 Å². The SMILES string of the molecule is CCn1[c]cc(C(C)(C)C)c1. The van der Waals surface area contributed by atoms with Gasteiger partial charge in [0, 0.05) is 12.7 Å². The van der Waals surface area contributed by atoms with Crippen LogP contribution in [-0.2, 0) is 12.0 Å².